The number of hydrogen-bond donors (Lipinski definition) is 3. The summed E-state index contributed by atoms with van der Waals surface area (Å²) in [5.41, 5.74) is 6.10. The first-order chi connectivity index (χ1) is 12.5. The summed E-state index contributed by atoms with van der Waals surface area (Å²) < 4.78 is 5.91. The smallest absolute Gasteiger partial charge is 0.414 e. The lowest BCUT2D eigenvalue weighted by Gasteiger charge is -2.15. The average Bonchev–Trinajstić information content (AvgIpc) is 3.14. The van der Waals surface area contributed by atoms with Gasteiger partial charge in [-0.25, -0.2) is 9.59 Å². The lowest BCUT2D eigenvalue weighted by molar-refractivity contribution is -0.159. The fourth-order valence-corrected chi connectivity index (χ4v) is 2.98. The summed E-state index contributed by atoms with van der Waals surface area (Å²) in [7, 11) is 0. The van der Waals surface area contributed by atoms with Crippen LogP contribution in [0, 0.1) is 0 Å². The maximum absolute atomic E-state index is 9.10. The molecule has 1 aromatic heterocycles. The monoisotopic (exact) mass is 373 g/mol. The minimum atomic E-state index is -1.82. The summed E-state index contributed by atoms with van der Waals surface area (Å²) in [6, 6.07) is 18.5. The lowest BCUT2D eigenvalue weighted by atomic mass is 10.1. The van der Waals surface area contributed by atoms with Gasteiger partial charge in [0.1, 0.15) is 12.0 Å². The van der Waals surface area contributed by atoms with E-state index in [1.54, 1.807) is 11.3 Å². The van der Waals surface area contributed by atoms with Crippen molar-refractivity contribution in [2.24, 2.45) is 5.73 Å². The summed E-state index contributed by atoms with van der Waals surface area (Å²) in [6.45, 7) is 0. The molecule has 0 spiro atoms. The number of nitrogens with two attached hydrogens (primary N) is 1. The van der Waals surface area contributed by atoms with Crippen LogP contribution in [0.3, 0.4) is 0 Å². The SMILES string of the molecule is NC(CCc1cccs1)Oc1cccc2ccccc12.O=C(O)C(=O)O. The van der Waals surface area contributed by atoms with Crippen LogP contribution in [-0.4, -0.2) is 28.4 Å². The number of benzene rings is 2. The number of fused-ring (bicyclic) bond motifs is 1. The van der Waals surface area contributed by atoms with Crippen LogP contribution >= 0.6 is 11.3 Å². The van der Waals surface area contributed by atoms with Crippen LogP contribution in [0.15, 0.2) is 60.0 Å². The molecular formula is C19H19NO5S. The van der Waals surface area contributed by atoms with Crippen molar-refractivity contribution in [2.45, 2.75) is 19.1 Å². The number of rotatable bonds is 5. The minimum absolute atomic E-state index is 0.275. The third kappa shape index (κ3) is 5.87. The van der Waals surface area contributed by atoms with E-state index in [1.165, 1.54) is 10.3 Å². The Hall–Kier alpha value is -2.90. The molecule has 0 bridgehead atoms. The first-order valence-electron chi connectivity index (χ1n) is 7.86. The van der Waals surface area contributed by atoms with Crippen molar-refractivity contribution in [1.82, 2.24) is 0 Å². The Morgan fingerprint density at radius 2 is 1.69 bits per heavy atom. The molecule has 0 aliphatic rings. The van der Waals surface area contributed by atoms with E-state index in [0.717, 1.165) is 24.0 Å². The molecule has 0 aliphatic carbocycles. The van der Waals surface area contributed by atoms with E-state index in [0.29, 0.717) is 0 Å². The second kappa shape index (κ2) is 9.55. The highest BCUT2D eigenvalue weighted by molar-refractivity contribution is 7.09. The molecule has 0 radical (unpaired) electrons. The van der Waals surface area contributed by atoms with Crippen molar-refractivity contribution in [3.05, 3.63) is 64.9 Å². The third-order valence-electron chi connectivity index (χ3n) is 3.47. The van der Waals surface area contributed by atoms with Crippen molar-refractivity contribution in [1.29, 1.82) is 0 Å². The number of ether oxygens (including phenoxy) is 1. The highest BCUT2D eigenvalue weighted by Crippen LogP contribution is 2.26. The highest BCUT2D eigenvalue weighted by atomic mass is 32.1. The van der Waals surface area contributed by atoms with Gasteiger partial charge >= 0.3 is 11.9 Å². The Bertz CT molecular complexity index is 846. The molecule has 6 nitrogen and oxygen atoms in total. The van der Waals surface area contributed by atoms with Crippen LogP contribution in [0.2, 0.25) is 0 Å². The summed E-state index contributed by atoms with van der Waals surface area (Å²) >= 11 is 1.76. The van der Waals surface area contributed by atoms with E-state index in [2.05, 4.69) is 35.7 Å². The van der Waals surface area contributed by atoms with Gasteiger partial charge in [0, 0.05) is 16.7 Å². The minimum Gasteiger partial charge on any atom is -0.475 e. The zero-order valence-electron chi connectivity index (χ0n) is 13.9. The zero-order chi connectivity index (χ0) is 18.9. The molecule has 1 unspecified atom stereocenters. The van der Waals surface area contributed by atoms with Gasteiger partial charge in [0.2, 0.25) is 0 Å². The van der Waals surface area contributed by atoms with Gasteiger partial charge in [-0.15, -0.1) is 11.3 Å². The topological polar surface area (TPSA) is 110 Å². The van der Waals surface area contributed by atoms with Crippen LogP contribution < -0.4 is 10.5 Å². The zero-order valence-corrected chi connectivity index (χ0v) is 14.7. The van der Waals surface area contributed by atoms with Crippen LogP contribution in [0.4, 0.5) is 0 Å². The summed E-state index contributed by atoms with van der Waals surface area (Å²) in [5, 5.41) is 19.2. The molecule has 3 aromatic rings. The van der Waals surface area contributed by atoms with Gasteiger partial charge in [0.25, 0.3) is 0 Å². The van der Waals surface area contributed by atoms with Gasteiger partial charge in [-0.3, -0.25) is 5.73 Å². The summed E-state index contributed by atoms with van der Waals surface area (Å²) in [4.78, 5) is 19.5. The van der Waals surface area contributed by atoms with Gasteiger partial charge in [0.05, 0.1) is 0 Å². The first-order valence-corrected chi connectivity index (χ1v) is 8.74. The highest BCUT2D eigenvalue weighted by Gasteiger charge is 2.08. The van der Waals surface area contributed by atoms with Crippen molar-refractivity contribution in [2.75, 3.05) is 0 Å². The fourth-order valence-electron chi connectivity index (χ4n) is 2.26. The van der Waals surface area contributed by atoms with Gasteiger partial charge in [0.15, 0.2) is 0 Å². The van der Waals surface area contributed by atoms with E-state index in [4.69, 9.17) is 30.3 Å². The number of hydrogen-bond acceptors (Lipinski definition) is 5. The van der Waals surface area contributed by atoms with Crippen LogP contribution in [0.25, 0.3) is 10.8 Å². The first kappa shape index (κ1) is 19.4. The predicted molar refractivity (Wildman–Crippen MR) is 100 cm³/mol. The van der Waals surface area contributed by atoms with E-state index in [1.807, 2.05) is 24.3 Å². The molecule has 0 saturated heterocycles. The van der Waals surface area contributed by atoms with Crippen molar-refractivity contribution in [3.63, 3.8) is 0 Å². The molecule has 3 rings (SSSR count). The molecule has 1 atom stereocenters. The number of aliphatic carboxylic acids is 2. The van der Waals surface area contributed by atoms with Crippen molar-refractivity contribution < 1.29 is 24.5 Å². The van der Waals surface area contributed by atoms with E-state index < -0.39 is 11.9 Å². The van der Waals surface area contributed by atoms with E-state index in [-0.39, 0.29) is 6.23 Å². The molecular weight excluding hydrogens is 354 g/mol. The molecule has 1 heterocycles. The van der Waals surface area contributed by atoms with Gasteiger partial charge in [-0.2, -0.15) is 0 Å². The van der Waals surface area contributed by atoms with Crippen LogP contribution in [0.5, 0.6) is 5.75 Å². The molecule has 0 fully saturated rings. The van der Waals surface area contributed by atoms with Crippen LogP contribution in [-0.2, 0) is 16.0 Å². The maximum Gasteiger partial charge on any atom is 0.414 e. The Balaban J connectivity index is 0.000000352. The summed E-state index contributed by atoms with van der Waals surface area (Å²) in [6.07, 6.45) is 1.51. The number of carboxylic acids is 2. The maximum atomic E-state index is 9.10. The molecule has 2 aromatic carbocycles. The van der Waals surface area contributed by atoms with Crippen molar-refractivity contribution in [3.8, 4) is 5.75 Å². The number of thiophene rings is 1. The van der Waals surface area contributed by atoms with Crippen molar-refractivity contribution >= 4 is 34.0 Å². The molecule has 136 valence electrons. The fraction of sp³-hybridized carbons (Fsp3) is 0.158. The van der Waals surface area contributed by atoms with E-state index in [9.17, 15) is 0 Å². The molecule has 26 heavy (non-hydrogen) atoms. The normalized spacial score (nSPS) is 11.3. The van der Waals surface area contributed by atoms with Crippen LogP contribution in [0.1, 0.15) is 11.3 Å². The molecule has 0 saturated carbocycles. The second-order valence-electron chi connectivity index (χ2n) is 5.36. The average molecular weight is 373 g/mol. The molecule has 0 aliphatic heterocycles. The Morgan fingerprint density at radius 1 is 1.00 bits per heavy atom. The number of aryl methyl sites for hydroxylation is 1. The largest absolute Gasteiger partial charge is 0.475 e. The van der Waals surface area contributed by atoms with Gasteiger partial charge in [-0.05, 0) is 29.3 Å². The standard InChI is InChI=1S/C17H17NOS.C2H2O4/c18-17(11-10-14-7-4-12-20-14)19-16-9-3-6-13-5-1-2-8-15(13)16;3-1(4)2(5)6/h1-9,12,17H,10-11,18H2;(H,3,4)(H,5,6). The molecule has 7 heteroatoms. The predicted octanol–water partition coefficient (Wildman–Crippen LogP) is 3.35. The third-order valence-corrected chi connectivity index (χ3v) is 4.40. The Labute approximate surface area is 154 Å². The molecule has 4 N–H and O–H groups in total. The Morgan fingerprint density at radius 3 is 2.35 bits per heavy atom. The quantitative estimate of drug-likeness (QED) is 0.467. The molecule has 0 amide bonds. The Kier molecular flexibility index (Phi) is 7.13. The van der Waals surface area contributed by atoms with Gasteiger partial charge in [-0.1, -0.05) is 42.5 Å². The lowest BCUT2D eigenvalue weighted by Crippen LogP contribution is -2.27. The van der Waals surface area contributed by atoms with E-state index >= 15 is 0 Å². The van der Waals surface area contributed by atoms with Gasteiger partial charge < -0.3 is 14.9 Å². The number of carbonyl (C=O) groups is 2. The number of carboxylic acid groups (broad SMARTS) is 2. The summed E-state index contributed by atoms with van der Waals surface area (Å²) in [5.74, 6) is -2.79. The second-order valence-corrected chi connectivity index (χ2v) is 6.39.